The third-order valence-corrected chi connectivity index (χ3v) is 7.87. The molecule has 10 heteroatoms. The van der Waals surface area contributed by atoms with E-state index in [1.54, 1.807) is 42.7 Å². The Morgan fingerprint density at radius 3 is 2.51 bits per heavy atom. The fraction of sp³-hybridized carbons (Fsp3) is 0.310. The summed E-state index contributed by atoms with van der Waals surface area (Å²) in [6.45, 7) is 7.74. The Morgan fingerprint density at radius 2 is 1.90 bits per heavy atom. The first kappa shape index (κ1) is 28.5. The molecule has 0 unspecified atom stereocenters. The summed E-state index contributed by atoms with van der Waals surface area (Å²) in [6, 6.07) is 12.6. The topological polar surface area (TPSA) is 96.2 Å². The van der Waals surface area contributed by atoms with Crippen molar-refractivity contribution in [2.24, 2.45) is 4.99 Å². The van der Waals surface area contributed by atoms with Crippen molar-refractivity contribution >= 4 is 45.3 Å². The number of carbonyl (C=O) groups excluding carboxylic acids is 2. The molecule has 1 aliphatic rings. The van der Waals surface area contributed by atoms with Gasteiger partial charge < -0.3 is 14.2 Å². The van der Waals surface area contributed by atoms with Gasteiger partial charge in [0.25, 0.3) is 5.56 Å². The maximum Gasteiger partial charge on any atom is 0.343 e. The summed E-state index contributed by atoms with van der Waals surface area (Å²) < 4.78 is 18.1. The SMILES string of the molecule is CCOC(=O)C1=C(C)N=c2s/c(=C/c3ccc(OCC(=O)OC)c(Br)c3)c(=O)n2[C@@H]1c1ccc(C(C)C)cc1. The first-order chi connectivity index (χ1) is 18.6. The summed E-state index contributed by atoms with van der Waals surface area (Å²) in [7, 11) is 1.29. The van der Waals surface area contributed by atoms with Gasteiger partial charge in [-0.15, -0.1) is 0 Å². The molecule has 0 spiro atoms. The number of allylic oxidation sites excluding steroid dienone is 1. The maximum absolute atomic E-state index is 13.8. The van der Waals surface area contributed by atoms with Gasteiger partial charge in [0, 0.05) is 0 Å². The molecule has 8 nitrogen and oxygen atoms in total. The van der Waals surface area contributed by atoms with E-state index in [9.17, 15) is 14.4 Å². The van der Waals surface area contributed by atoms with Gasteiger partial charge in [-0.25, -0.2) is 14.6 Å². The number of nitrogens with zero attached hydrogens (tertiary/aromatic N) is 2. The number of esters is 2. The van der Waals surface area contributed by atoms with Crippen molar-refractivity contribution in [1.29, 1.82) is 0 Å². The lowest BCUT2D eigenvalue weighted by molar-refractivity contribution is -0.143. The fourth-order valence-corrected chi connectivity index (χ4v) is 5.80. The second kappa shape index (κ2) is 12.1. The van der Waals surface area contributed by atoms with Crippen LogP contribution in [0.4, 0.5) is 0 Å². The second-order valence-corrected chi connectivity index (χ2v) is 11.0. The van der Waals surface area contributed by atoms with Crippen molar-refractivity contribution < 1.29 is 23.8 Å². The molecule has 1 atom stereocenters. The van der Waals surface area contributed by atoms with Crippen molar-refractivity contribution in [2.45, 2.75) is 39.7 Å². The smallest absolute Gasteiger partial charge is 0.343 e. The van der Waals surface area contributed by atoms with E-state index < -0.39 is 18.0 Å². The Hall–Kier alpha value is -3.50. The van der Waals surface area contributed by atoms with E-state index >= 15 is 0 Å². The molecule has 0 fully saturated rings. The van der Waals surface area contributed by atoms with Crippen LogP contribution in [0.25, 0.3) is 6.08 Å². The molecular weight excluding hydrogens is 584 g/mol. The lowest BCUT2D eigenvalue weighted by atomic mass is 9.93. The quantitative estimate of drug-likeness (QED) is 0.353. The molecule has 0 N–H and O–H groups in total. The highest BCUT2D eigenvalue weighted by molar-refractivity contribution is 9.10. The highest BCUT2D eigenvalue weighted by Gasteiger charge is 2.33. The number of hydrogen-bond donors (Lipinski definition) is 0. The molecule has 1 aromatic heterocycles. The van der Waals surface area contributed by atoms with Crippen LogP contribution in [0.2, 0.25) is 0 Å². The third kappa shape index (κ3) is 6.07. The first-order valence-electron chi connectivity index (χ1n) is 12.4. The summed E-state index contributed by atoms with van der Waals surface area (Å²) in [4.78, 5) is 43.4. The van der Waals surface area contributed by atoms with E-state index in [4.69, 9.17) is 9.47 Å². The lowest BCUT2D eigenvalue weighted by Gasteiger charge is -2.25. The first-order valence-corrected chi connectivity index (χ1v) is 14.0. The van der Waals surface area contributed by atoms with Gasteiger partial charge in [0.2, 0.25) is 0 Å². The van der Waals surface area contributed by atoms with Crippen LogP contribution >= 0.6 is 27.3 Å². The fourth-order valence-electron chi connectivity index (χ4n) is 4.24. The van der Waals surface area contributed by atoms with Gasteiger partial charge in [0.1, 0.15) is 5.75 Å². The largest absolute Gasteiger partial charge is 0.481 e. The van der Waals surface area contributed by atoms with Gasteiger partial charge in [0.15, 0.2) is 11.4 Å². The molecule has 204 valence electrons. The van der Waals surface area contributed by atoms with Gasteiger partial charge >= 0.3 is 11.9 Å². The minimum Gasteiger partial charge on any atom is -0.481 e. The Bertz CT molecular complexity index is 1620. The van der Waals surface area contributed by atoms with Crippen molar-refractivity contribution in [3.63, 3.8) is 0 Å². The Morgan fingerprint density at radius 1 is 1.18 bits per heavy atom. The van der Waals surface area contributed by atoms with Gasteiger partial charge in [-0.3, -0.25) is 9.36 Å². The number of methoxy groups -OCH3 is 1. The van der Waals surface area contributed by atoms with Crippen LogP contribution in [0.3, 0.4) is 0 Å². The lowest BCUT2D eigenvalue weighted by Crippen LogP contribution is -2.39. The maximum atomic E-state index is 13.8. The molecule has 2 aromatic carbocycles. The second-order valence-electron chi connectivity index (χ2n) is 9.18. The molecule has 0 radical (unpaired) electrons. The molecule has 0 bridgehead atoms. The molecule has 0 aliphatic carbocycles. The molecule has 0 saturated carbocycles. The number of halogens is 1. The monoisotopic (exact) mass is 612 g/mol. The summed E-state index contributed by atoms with van der Waals surface area (Å²) in [5.41, 5.74) is 3.33. The normalized spacial score (nSPS) is 15.2. The van der Waals surface area contributed by atoms with Crippen LogP contribution in [0.15, 0.2) is 68.0 Å². The number of benzene rings is 2. The average Bonchev–Trinajstić information content (AvgIpc) is 3.21. The van der Waals surface area contributed by atoms with Gasteiger partial charge in [0.05, 0.1) is 40.0 Å². The van der Waals surface area contributed by atoms with Gasteiger partial charge in [-0.2, -0.15) is 0 Å². The van der Waals surface area contributed by atoms with Crippen LogP contribution in [0.1, 0.15) is 56.3 Å². The highest BCUT2D eigenvalue weighted by atomic mass is 79.9. The number of aromatic nitrogens is 1. The number of rotatable bonds is 8. The van der Waals surface area contributed by atoms with E-state index in [-0.39, 0.29) is 18.8 Å². The predicted molar refractivity (Wildman–Crippen MR) is 153 cm³/mol. The number of hydrogen-bond acceptors (Lipinski definition) is 8. The predicted octanol–water partition coefficient (Wildman–Crippen LogP) is 4.24. The van der Waals surface area contributed by atoms with Gasteiger partial charge in [-0.05, 0) is 70.6 Å². The van der Waals surface area contributed by atoms with Crippen molar-refractivity contribution in [3.05, 3.63) is 94.6 Å². The number of thiazole rings is 1. The molecule has 1 aliphatic heterocycles. The summed E-state index contributed by atoms with van der Waals surface area (Å²) in [5, 5.41) is 0. The van der Waals surface area contributed by atoms with E-state index in [1.165, 1.54) is 18.4 Å². The number of carbonyl (C=O) groups is 2. The third-order valence-electron chi connectivity index (χ3n) is 6.26. The molecule has 0 saturated heterocycles. The van der Waals surface area contributed by atoms with Gasteiger partial charge in [-0.1, -0.05) is 55.5 Å². The van der Waals surface area contributed by atoms with Crippen LogP contribution < -0.4 is 19.6 Å². The van der Waals surface area contributed by atoms with Crippen LogP contribution in [0.5, 0.6) is 5.75 Å². The molecule has 39 heavy (non-hydrogen) atoms. The summed E-state index contributed by atoms with van der Waals surface area (Å²) >= 11 is 4.71. The van der Waals surface area contributed by atoms with Crippen LogP contribution in [-0.4, -0.2) is 36.8 Å². The van der Waals surface area contributed by atoms with Crippen LogP contribution in [-0.2, 0) is 19.1 Å². The molecule has 3 aromatic rings. The molecule has 4 rings (SSSR count). The molecular formula is C29H29BrN2O6S. The standard InChI is InChI=1S/C29H29BrN2O6S/c1-6-37-28(35)25-17(4)31-29-32(26(25)20-10-8-19(9-11-20)16(2)3)27(34)23(39-29)14-18-7-12-22(21(30)13-18)38-15-24(33)36-5/h7-14,16,26H,6,15H2,1-5H3/b23-14+/t26-/m1/s1. The van der Waals surface area contributed by atoms with E-state index in [0.717, 1.165) is 16.7 Å². The van der Waals surface area contributed by atoms with Crippen LogP contribution in [0, 0.1) is 0 Å². The zero-order valence-electron chi connectivity index (χ0n) is 22.3. The Labute approximate surface area is 238 Å². The van der Waals surface area contributed by atoms with E-state index in [2.05, 4.69) is 39.5 Å². The van der Waals surface area contributed by atoms with E-state index in [0.29, 0.717) is 36.7 Å². The van der Waals surface area contributed by atoms with Crippen molar-refractivity contribution in [3.8, 4) is 5.75 Å². The molecule has 0 amide bonds. The number of fused-ring (bicyclic) bond motifs is 1. The molecule has 2 heterocycles. The van der Waals surface area contributed by atoms with Crippen molar-refractivity contribution in [1.82, 2.24) is 4.57 Å². The highest BCUT2D eigenvalue weighted by Crippen LogP contribution is 2.32. The average molecular weight is 614 g/mol. The Kier molecular flexibility index (Phi) is 8.87. The zero-order chi connectivity index (χ0) is 28.3. The minimum absolute atomic E-state index is 0.215. The number of ether oxygens (including phenoxy) is 3. The minimum atomic E-state index is -0.663. The zero-order valence-corrected chi connectivity index (χ0v) is 24.7. The summed E-state index contributed by atoms with van der Waals surface area (Å²) in [5.74, 6) is -0.159. The van der Waals surface area contributed by atoms with Crippen molar-refractivity contribution in [2.75, 3.05) is 20.3 Å². The van der Waals surface area contributed by atoms with E-state index in [1.807, 2.05) is 24.3 Å². The summed E-state index contributed by atoms with van der Waals surface area (Å²) in [6.07, 6.45) is 1.76. The Balaban J connectivity index is 1.80.